The van der Waals surface area contributed by atoms with Gasteiger partial charge in [0.25, 0.3) is 0 Å². The number of nitrogens with zero attached hydrogens (tertiary/aromatic N) is 4. The van der Waals surface area contributed by atoms with Crippen LogP contribution in [0.25, 0.3) is 10.9 Å². The maximum absolute atomic E-state index is 12.5. The lowest BCUT2D eigenvalue weighted by Gasteiger charge is -2.34. The first-order valence-electron chi connectivity index (χ1n) is 9.60. The first kappa shape index (κ1) is 18.6. The number of aromatic nitrogens is 2. The summed E-state index contributed by atoms with van der Waals surface area (Å²) in [4.78, 5) is 25.9. The zero-order chi connectivity index (χ0) is 18.8. The Hall–Kier alpha value is -1.73. The molecular weight excluding hydrogens is 408 g/mol. The number of halogens is 1. The van der Waals surface area contributed by atoms with E-state index in [0.29, 0.717) is 19.1 Å². The number of hydrogen-bond donors (Lipinski definition) is 0. The van der Waals surface area contributed by atoms with E-state index >= 15 is 0 Å². The van der Waals surface area contributed by atoms with Crippen LogP contribution in [0.3, 0.4) is 0 Å². The van der Waals surface area contributed by atoms with Crippen molar-refractivity contribution in [3.63, 3.8) is 0 Å². The molecule has 6 nitrogen and oxygen atoms in total. The highest BCUT2D eigenvalue weighted by Crippen LogP contribution is 2.25. The van der Waals surface area contributed by atoms with E-state index in [-0.39, 0.29) is 11.8 Å². The minimum Gasteiger partial charge on any atom is -0.381 e. The fraction of sp³-hybridized carbons (Fsp3) is 0.550. The van der Waals surface area contributed by atoms with E-state index < -0.39 is 0 Å². The summed E-state index contributed by atoms with van der Waals surface area (Å²) in [5.41, 5.74) is 0.967. The predicted molar refractivity (Wildman–Crippen MR) is 109 cm³/mol. The van der Waals surface area contributed by atoms with Gasteiger partial charge in [0.15, 0.2) is 0 Å². The van der Waals surface area contributed by atoms with Gasteiger partial charge in [-0.1, -0.05) is 15.9 Å². The van der Waals surface area contributed by atoms with Crippen molar-refractivity contribution in [2.75, 3.05) is 44.8 Å². The minimum atomic E-state index is 0.0566. The fourth-order valence-corrected chi connectivity index (χ4v) is 4.36. The van der Waals surface area contributed by atoms with Crippen LogP contribution in [0.5, 0.6) is 0 Å². The van der Waals surface area contributed by atoms with Crippen LogP contribution in [0.1, 0.15) is 19.3 Å². The molecule has 7 heteroatoms. The number of piperidine rings is 1. The van der Waals surface area contributed by atoms with Crippen LogP contribution >= 0.6 is 15.9 Å². The topological polar surface area (TPSA) is 58.6 Å². The summed E-state index contributed by atoms with van der Waals surface area (Å²) in [6.45, 7) is 3.99. The van der Waals surface area contributed by atoms with Crippen molar-refractivity contribution in [1.29, 1.82) is 0 Å². The van der Waals surface area contributed by atoms with E-state index in [1.807, 2.05) is 36.3 Å². The molecule has 1 atom stereocenters. The molecule has 0 aliphatic carbocycles. The molecule has 1 unspecified atom stereocenters. The molecule has 3 heterocycles. The van der Waals surface area contributed by atoms with Gasteiger partial charge in [-0.05, 0) is 43.4 Å². The molecule has 2 fully saturated rings. The molecule has 2 aromatic rings. The number of rotatable bonds is 4. The maximum atomic E-state index is 12.5. The van der Waals surface area contributed by atoms with Crippen LogP contribution in [-0.2, 0) is 9.53 Å². The quantitative estimate of drug-likeness (QED) is 0.742. The zero-order valence-electron chi connectivity index (χ0n) is 15.6. The van der Waals surface area contributed by atoms with Crippen molar-refractivity contribution < 1.29 is 9.53 Å². The third-order valence-electron chi connectivity index (χ3n) is 5.61. The SMILES string of the molecule is CN(CC1CCN(c2ncc3cc(Br)ccc3n2)CC1)C(=O)C1CCOC1. The number of carbonyl (C=O) groups is 1. The number of benzene rings is 1. The molecule has 0 saturated carbocycles. The second kappa shape index (κ2) is 8.10. The largest absolute Gasteiger partial charge is 0.381 e. The zero-order valence-corrected chi connectivity index (χ0v) is 17.2. The third kappa shape index (κ3) is 4.24. The Bertz CT molecular complexity index is 817. The highest BCUT2D eigenvalue weighted by atomic mass is 79.9. The van der Waals surface area contributed by atoms with E-state index in [0.717, 1.165) is 60.2 Å². The Morgan fingerprint density at radius 1 is 1.33 bits per heavy atom. The van der Waals surface area contributed by atoms with E-state index in [9.17, 15) is 4.79 Å². The van der Waals surface area contributed by atoms with Crippen LogP contribution in [0.2, 0.25) is 0 Å². The predicted octanol–water partition coefficient (Wildman–Crippen LogP) is 3.10. The van der Waals surface area contributed by atoms with Gasteiger partial charge in [0, 0.05) is 49.3 Å². The fourth-order valence-electron chi connectivity index (χ4n) is 3.98. The second-order valence-corrected chi connectivity index (χ2v) is 8.50. The Morgan fingerprint density at radius 2 is 2.15 bits per heavy atom. The van der Waals surface area contributed by atoms with Gasteiger partial charge in [0.1, 0.15) is 0 Å². The highest BCUT2D eigenvalue weighted by molar-refractivity contribution is 9.10. The first-order chi connectivity index (χ1) is 13.1. The average molecular weight is 433 g/mol. The van der Waals surface area contributed by atoms with Crippen molar-refractivity contribution in [1.82, 2.24) is 14.9 Å². The summed E-state index contributed by atoms with van der Waals surface area (Å²) < 4.78 is 6.38. The molecule has 0 N–H and O–H groups in total. The second-order valence-electron chi connectivity index (χ2n) is 7.58. The van der Waals surface area contributed by atoms with Crippen molar-refractivity contribution in [3.05, 3.63) is 28.9 Å². The summed E-state index contributed by atoms with van der Waals surface area (Å²) in [5, 5.41) is 1.04. The number of ether oxygens (including phenoxy) is 1. The molecule has 0 radical (unpaired) electrons. The van der Waals surface area contributed by atoms with Gasteiger partial charge in [0.05, 0.1) is 18.0 Å². The van der Waals surface area contributed by atoms with Crippen molar-refractivity contribution >= 4 is 38.7 Å². The number of hydrogen-bond acceptors (Lipinski definition) is 5. The molecule has 1 aromatic heterocycles. The van der Waals surface area contributed by atoms with Crippen molar-refractivity contribution in [2.45, 2.75) is 19.3 Å². The summed E-state index contributed by atoms with van der Waals surface area (Å²) in [7, 11) is 1.93. The third-order valence-corrected chi connectivity index (χ3v) is 6.11. The van der Waals surface area contributed by atoms with E-state index in [4.69, 9.17) is 9.72 Å². The Balaban J connectivity index is 1.33. The van der Waals surface area contributed by atoms with E-state index in [1.54, 1.807) is 0 Å². The van der Waals surface area contributed by atoms with Crippen LogP contribution in [0.4, 0.5) is 5.95 Å². The summed E-state index contributed by atoms with van der Waals surface area (Å²) in [5.74, 6) is 1.63. The first-order valence-corrected chi connectivity index (χ1v) is 10.4. The molecule has 0 spiro atoms. The van der Waals surface area contributed by atoms with Crippen molar-refractivity contribution in [2.24, 2.45) is 11.8 Å². The van der Waals surface area contributed by atoms with Crippen LogP contribution < -0.4 is 4.90 Å². The molecule has 0 bridgehead atoms. The minimum absolute atomic E-state index is 0.0566. The molecule has 1 aromatic carbocycles. The summed E-state index contributed by atoms with van der Waals surface area (Å²) >= 11 is 3.48. The highest BCUT2D eigenvalue weighted by Gasteiger charge is 2.29. The standard InChI is InChI=1S/C20H25BrN4O2/c1-24(19(26)15-6-9-27-13-15)12-14-4-7-25(8-5-14)20-22-11-16-10-17(21)2-3-18(16)23-20/h2-3,10-11,14-15H,4-9,12-13H2,1H3. The lowest BCUT2D eigenvalue weighted by molar-refractivity contribution is -0.134. The van der Waals surface area contributed by atoms with E-state index in [2.05, 4.69) is 25.8 Å². The number of anilines is 1. The molecule has 144 valence electrons. The van der Waals surface area contributed by atoms with Gasteiger partial charge >= 0.3 is 0 Å². The van der Waals surface area contributed by atoms with Crippen LogP contribution in [0.15, 0.2) is 28.9 Å². The number of carbonyl (C=O) groups excluding carboxylic acids is 1. The summed E-state index contributed by atoms with van der Waals surface area (Å²) in [6, 6.07) is 6.06. The Morgan fingerprint density at radius 3 is 2.89 bits per heavy atom. The molecule has 4 rings (SSSR count). The molecule has 2 aliphatic rings. The van der Waals surface area contributed by atoms with Gasteiger partial charge in [-0.2, -0.15) is 0 Å². The van der Waals surface area contributed by atoms with Crippen molar-refractivity contribution in [3.8, 4) is 0 Å². The average Bonchev–Trinajstić information content (AvgIpc) is 3.22. The summed E-state index contributed by atoms with van der Waals surface area (Å²) in [6.07, 6.45) is 4.86. The van der Waals surface area contributed by atoms with Gasteiger partial charge in [-0.15, -0.1) is 0 Å². The molecule has 27 heavy (non-hydrogen) atoms. The Labute approximate surface area is 168 Å². The molecule has 2 saturated heterocycles. The lowest BCUT2D eigenvalue weighted by Crippen LogP contribution is -2.41. The smallest absolute Gasteiger partial charge is 0.227 e. The van der Waals surface area contributed by atoms with Gasteiger partial charge < -0.3 is 14.5 Å². The monoisotopic (exact) mass is 432 g/mol. The van der Waals surface area contributed by atoms with Crippen LogP contribution in [-0.4, -0.2) is 60.7 Å². The molecular formula is C20H25BrN4O2. The van der Waals surface area contributed by atoms with E-state index in [1.165, 1.54) is 0 Å². The van der Waals surface area contributed by atoms with Crippen LogP contribution in [0, 0.1) is 11.8 Å². The van der Waals surface area contributed by atoms with Gasteiger partial charge in [-0.25, -0.2) is 9.97 Å². The molecule has 1 amide bonds. The normalized spacial score (nSPS) is 21.0. The number of amides is 1. The lowest BCUT2D eigenvalue weighted by atomic mass is 9.96. The Kier molecular flexibility index (Phi) is 5.59. The number of fused-ring (bicyclic) bond motifs is 1. The van der Waals surface area contributed by atoms with Gasteiger partial charge in [0.2, 0.25) is 11.9 Å². The maximum Gasteiger partial charge on any atom is 0.227 e. The molecule has 2 aliphatic heterocycles. The van der Waals surface area contributed by atoms with Gasteiger partial charge in [-0.3, -0.25) is 4.79 Å².